The lowest BCUT2D eigenvalue weighted by atomic mass is 9.89. The van der Waals surface area contributed by atoms with Crippen molar-refractivity contribution in [2.24, 2.45) is 11.8 Å². The number of nitrogens with zero attached hydrogens (tertiary/aromatic N) is 2. The molecule has 6 heteroatoms. The topological polar surface area (TPSA) is 66.9 Å². The van der Waals surface area contributed by atoms with Gasteiger partial charge in [-0.15, -0.1) is 0 Å². The van der Waals surface area contributed by atoms with Gasteiger partial charge in [-0.25, -0.2) is 9.69 Å². The Morgan fingerprint density at radius 3 is 2.50 bits per heavy atom. The molecule has 2 aromatic carbocycles. The number of benzene rings is 2. The molecule has 0 aromatic heterocycles. The average Bonchev–Trinajstić information content (AvgIpc) is 3.25. The zero-order valence-electron chi connectivity index (χ0n) is 20.5. The number of amides is 3. The van der Waals surface area contributed by atoms with Gasteiger partial charge in [-0.05, 0) is 41.5 Å². The Bertz CT molecular complexity index is 1040. The lowest BCUT2D eigenvalue weighted by molar-refractivity contribution is -0.141. The molecule has 182 valence electrons. The Labute approximate surface area is 202 Å². The Kier molecular flexibility index (Phi) is 7.54. The first-order valence-electron chi connectivity index (χ1n) is 12.6. The summed E-state index contributed by atoms with van der Waals surface area (Å²) in [6.07, 6.45) is 5.40. The van der Waals surface area contributed by atoms with Crippen LogP contribution in [0.15, 0.2) is 42.5 Å². The van der Waals surface area contributed by atoms with Crippen molar-refractivity contribution in [2.75, 3.05) is 13.7 Å². The third kappa shape index (κ3) is 5.11. The SMILES string of the molecule is CC(C)[C@H]1COC(=O)N1C(=O)[C@@H](CC(=O)N(C)C1CCCCC1)Cc1cccc2ccccc12. The van der Waals surface area contributed by atoms with E-state index in [2.05, 4.69) is 0 Å². The van der Waals surface area contributed by atoms with Gasteiger partial charge in [0.05, 0.1) is 12.0 Å². The zero-order valence-corrected chi connectivity index (χ0v) is 20.5. The maximum Gasteiger partial charge on any atom is 0.416 e. The predicted molar refractivity (Wildman–Crippen MR) is 132 cm³/mol. The van der Waals surface area contributed by atoms with Gasteiger partial charge < -0.3 is 9.64 Å². The van der Waals surface area contributed by atoms with Gasteiger partial charge in [-0.2, -0.15) is 0 Å². The number of carbonyl (C=O) groups excluding carboxylic acids is 3. The smallest absolute Gasteiger partial charge is 0.416 e. The Morgan fingerprint density at radius 1 is 1.06 bits per heavy atom. The molecule has 2 aliphatic rings. The molecule has 1 heterocycles. The molecule has 34 heavy (non-hydrogen) atoms. The fourth-order valence-electron chi connectivity index (χ4n) is 5.39. The third-order valence-electron chi connectivity index (χ3n) is 7.55. The molecule has 1 saturated heterocycles. The molecule has 0 radical (unpaired) electrons. The maximum atomic E-state index is 13.8. The fraction of sp³-hybridized carbons (Fsp3) is 0.536. The van der Waals surface area contributed by atoms with E-state index < -0.39 is 12.0 Å². The standard InChI is InChI=1S/C28H36N2O4/c1-19(2)25-18-34-28(33)30(25)27(32)22(17-26(31)29(3)23-13-5-4-6-14-23)16-21-12-9-11-20-10-7-8-15-24(20)21/h7-12,15,19,22-23,25H,4-6,13-14,16-18H2,1-3H3/t22-,25-/m1/s1. The number of imide groups is 1. The van der Waals surface area contributed by atoms with Gasteiger partial charge in [-0.3, -0.25) is 9.59 Å². The van der Waals surface area contributed by atoms with E-state index >= 15 is 0 Å². The van der Waals surface area contributed by atoms with Crippen LogP contribution in [0.5, 0.6) is 0 Å². The molecular weight excluding hydrogens is 428 g/mol. The largest absolute Gasteiger partial charge is 0.447 e. The molecule has 1 saturated carbocycles. The third-order valence-corrected chi connectivity index (χ3v) is 7.55. The molecule has 3 amide bonds. The van der Waals surface area contributed by atoms with E-state index in [1.807, 2.05) is 68.3 Å². The van der Waals surface area contributed by atoms with Gasteiger partial charge >= 0.3 is 6.09 Å². The monoisotopic (exact) mass is 464 g/mol. The molecule has 2 atom stereocenters. The van der Waals surface area contributed by atoms with Crippen LogP contribution in [0.1, 0.15) is 57.9 Å². The number of fused-ring (bicyclic) bond motifs is 1. The quantitative estimate of drug-likeness (QED) is 0.566. The van der Waals surface area contributed by atoms with Gasteiger partial charge in [0.25, 0.3) is 0 Å². The van der Waals surface area contributed by atoms with Gasteiger partial charge in [0.2, 0.25) is 11.8 Å². The summed E-state index contributed by atoms with van der Waals surface area (Å²) < 4.78 is 5.25. The second-order valence-corrected chi connectivity index (χ2v) is 10.1. The lowest BCUT2D eigenvalue weighted by Gasteiger charge is -2.33. The summed E-state index contributed by atoms with van der Waals surface area (Å²) in [7, 11) is 1.86. The second kappa shape index (κ2) is 10.6. The van der Waals surface area contributed by atoms with Crippen LogP contribution in [0.25, 0.3) is 10.8 Å². The Morgan fingerprint density at radius 2 is 1.76 bits per heavy atom. The van der Waals surface area contributed by atoms with E-state index in [1.54, 1.807) is 0 Å². The molecule has 1 aliphatic carbocycles. The summed E-state index contributed by atoms with van der Waals surface area (Å²) >= 11 is 0. The van der Waals surface area contributed by atoms with Crippen LogP contribution in [0.2, 0.25) is 0 Å². The molecule has 2 fully saturated rings. The van der Waals surface area contributed by atoms with Gasteiger partial charge in [0, 0.05) is 19.5 Å². The van der Waals surface area contributed by atoms with Crippen molar-refractivity contribution in [3.8, 4) is 0 Å². The first kappa shape index (κ1) is 24.2. The summed E-state index contributed by atoms with van der Waals surface area (Å²) in [6, 6.07) is 14.0. The minimum Gasteiger partial charge on any atom is -0.447 e. The van der Waals surface area contributed by atoms with E-state index in [0.29, 0.717) is 6.42 Å². The van der Waals surface area contributed by atoms with Crippen LogP contribution in [0, 0.1) is 11.8 Å². The van der Waals surface area contributed by atoms with Crippen molar-refractivity contribution in [1.29, 1.82) is 0 Å². The summed E-state index contributed by atoms with van der Waals surface area (Å²) in [5.74, 6) is -0.885. The Balaban J connectivity index is 1.62. The van der Waals surface area contributed by atoms with E-state index in [-0.39, 0.29) is 42.8 Å². The predicted octanol–water partition coefficient (Wildman–Crippen LogP) is 5.18. The van der Waals surface area contributed by atoms with Crippen molar-refractivity contribution < 1.29 is 19.1 Å². The molecule has 2 aromatic rings. The van der Waals surface area contributed by atoms with Gasteiger partial charge in [0.1, 0.15) is 6.61 Å². The van der Waals surface area contributed by atoms with E-state index in [1.165, 1.54) is 11.3 Å². The van der Waals surface area contributed by atoms with E-state index in [4.69, 9.17) is 4.74 Å². The van der Waals surface area contributed by atoms with Crippen molar-refractivity contribution in [1.82, 2.24) is 9.80 Å². The highest BCUT2D eigenvalue weighted by molar-refractivity contribution is 5.97. The minimum atomic E-state index is -0.628. The van der Waals surface area contributed by atoms with Crippen LogP contribution >= 0.6 is 0 Å². The van der Waals surface area contributed by atoms with Crippen LogP contribution in [-0.4, -0.2) is 53.4 Å². The van der Waals surface area contributed by atoms with Crippen molar-refractivity contribution in [2.45, 2.75) is 70.9 Å². The van der Waals surface area contributed by atoms with Crippen molar-refractivity contribution in [3.63, 3.8) is 0 Å². The van der Waals surface area contributed by atoms with Crippen molar-refractivity contribution >= 4 is 28.7 Å². The highest BCUT2D eigenvalue weighted by Gasteiger charge is 2.43. The first-order valence-corrected chi connectivity index (χ1v) is 12.6. The van der Waals surface area contributed by atoms with Crippen LogP contribution in [-0.2, 0) is 20.7 Å². The van der Waals surface area contributed by atoms with Crippen LogP contribution in [0.4, 0.5) is 4.79 Å². The first-order chi connectivity index (χ1) is 16.4. The van der Waals surface area contributed by atoms with Crippen LogP contribution in [0.3, 0.4) is 0 Å². The number of rotatable bonds is 7. The number of hydrogen-bond acceptors (Lipinski definition) is 4. The summed E-state index contributed by atoms with van der Waals surface area (Å²) in [5, 5.41) is 2.16. The molecule has 0 spiro atoms. The summed E-state index contributed by atoms with van der Waals surface area (Å²) in [5.41, 5.74) is 1.01. The Hall–Kier alpha value is -2.89. The molecular formula is C28H36N2O4. The normalized spacial score (nSPS) is 19.9. The number of carbonyl (C=O) groups is 3. The highest BCUT2D eigenvalue weighted by Crippen LogP contribution is 2.29. The molecule has 6 nitrogen and oxygen atoms in total. The second-order valence-electron chi connectivity index (χ2n) is 10.1. The van der Waals surface area contributed by atoms with E-state index in [9.17, 15) is 14.4 Å². The maximum absolute atomic E-state index is 13.8. The molecule has 4 rings (SSSR count). The average molecular weight is 465 g/mol. The summed E-state index contributed by atoms with van der Waals surface area (Å²) in [6.45, 7) is 4.17. The van der Waals surface area contributed by atoms with E-state index in [0.717, 1.165) is 42.0 Å². The van der Waals surface area contributed by atoms with Crippen LogP contribution < -0.4 is 0 Å². The van der Waals surface area contributed by atoms with Crippen molar-refractivity contribution in [3.05, 3.63) is 48.0 Å². The van der Waals surface area contributed by atoms with Gasteiger partial charge in [-0.1, -0.05) is 75.6 Å². The summed E-state index contributed by atoms with van der Waals surface area (Å²) in [4.78, 5) is 42.8. The highest BCUT2D eigenvalue weighted by atomic mass is 16.6. The zero-order chi connectivity index (χ0) is 24.2. The molecule has 1 aliphatic heterocycles. The fourth-order valence-corrected chi connectivity index (χ4v) is 5.39. The molecule has 0 N–H and O–H groups in total. The minimum absolute atomic E-state index is 0.0286. The lowest BCUT2D eigenvalue weighted by Crippen LogP contribution is -2.47. The number of hydrogen-bond donors (Lipinski definition) is 0. The number of ether oxygens (including phenoxy) is 1. The molecule has 0 bridgehead atoms. The number of cyclic esters (lactones) is 1. The molecule has 0 unspecified atom stereocenters. The van der Waals surface area contributed by atoms with Gasteiger partial charge in [0.15, 0.2) is 0 Å².